The van der Waals surface area contributed by atoms with Gasteiger partial charge in [-0.05, 0) is 43.0 Å². The van der Waals surface area contributed by atoms with Crippen molar-refractivity contribution in [1.82, 2.24) is 10.6 Å². The predicted octanol–water partition coefficient (Wildman–Crippen LogP) is 2.57. The van der Waals surface area contributed by atoms with Crippen LogP contribution in [0.5, 0.6) is 0 Å². The summed E-state index contributed by atoms with van der Waals surface area (Å²) in [6.45, 7) is 0.514. The second-order valence-corrected chi connectivity index (χ2v) is 6.38. The molecule has 1 aromatic rings. The molecule has 114 valence electrons. The van der Waals surface area contributed by atoms with Crippen molar-refractivity contribution in [2.45, 2.75) is 44.1 Å². The molecular weight excluding hydrogens is 337 g/mol. The van der Waals surface area contributed by atoms with Crippen molar-refractivity contribution in [2.24, 2.45) is 4.99 Å². The predicted molar refractivity (Wildman–Crippen MR) is 83.7 cm³/mol. The molecule has 6 heteroatoms. The molecule has 2 saturated heterocycles. The maximum Gasteiger partial charge on any atom is 0.191 e. The average Bonchev–Trinajstić information content (AvgIpc) is 3.09. The van der Waals surface area contributed by atoms with E-state index in [0.717, 1.165) is 28.8 Å². The van der Waals surface area contributed by atoms with Gasteiger partial charge in [-0.3, -0.25) is 4.99 Å². The number of nitrogens with zero attached hydrogens (tertiary/aromatic N) is 1. The second-order valence-electron chi connectivity index (χ2n) is 5.52. The van der Waals surface area contributed by atoms with Crippen LogP contribution in [0.15, 0.2) is 27.7 Å². The summed E-state index contributed by atoms with van der Waals surface area (Å²) >= 11 is 3.43. The Hall–Kier alpha value is -1.14. The van der Waals surface area contributed by atoms with Gasteiger partial charge in [-0.1, -0.05) is 15.9 Å². The zero-order valence-electron chi connectivity index (χ0n) is 11.9. The van der Waals surface area contributed by atoms with Gasteiger partial charge in [-0.15, -0.1) is 0 Å². The second kappa shape index (κ2) is 6.32. The Bertz CT molecular complexity index is 552. The maximum atomic E-state index is 13.3. The molecule has 0 aliphatic carbocycles. The number of nitrogens with one attached hydrogen (secondary N) is 2. The first kappa shape index (κ1) is 14.8. The molecule has 2 aliphatic rings. The molecule has 0 spiro atoms. The number of ether oxygens (including phenoxy) is 1. The molecule has 2 fully saturated rings. The Morgan fingerprint density at radius 3 is 3.00 bits per heavy atom. The summed E-state index contributed by atoms with van der Waals surface area (Å²) < 4.78 is 20.0. The van der Waals surface area contributed by atoms with Crippen LogP contribution in [0.1, 0.15) is 24.8 Å². The highest BCUT2D eigenvalue weighted by Crippen LogP contribution is 2.34. The Balaban J connectivity index is 1.57. The van der Waals surface area contributed by atoms with Crippen LogP contribution in [0.25, 0.3) is 0 Å². The molecule has 3 rings (SSSR count). The van der Waals surface area contributed by atoms with Gasteiger partial charge in [-0.25, -0.2) is 4.39 Å². The van der Waals surface area contributed by atoms with E-state index in [1.54, 1.807) is 13.1 Å². The highest BCUT2D eigenvalue weighted by Gasteiger charge is 2.41. The van der Waals surface area contributed by atoms with Gasteiger partial charge in [0.2, 0.25) is 0 Å². The van der Waals surface area contributed by atoms with Gasteiger partial charge >= 0.3 is 0 Å². The number of rotatable bonds is 3. The number of guanidine groups is 1. The van der Waals surface area contributed by atoms with Crippen molar-refractivity contribution in [3.05, 3.63) is 34.1 Å². The molecule has 2 aliphatic heterocycles. The van der Waals surface area contributed by atoms with Gasteiger partial charge in [0.25, 0.3) is 0 Å². The zero-order chi connectivity index (χ0) is 14.8. The maximum absolute atomic E-state index is 13.3. The molecular formula is C15H19BrFN3O. The van der Waals surface area contributed by atoms with Crippen molar-refractivity contribution >= 4 is 21.9 Å². The van der Waals surface area contributed by atoms with E-state index in [1.165, 1.54) is 18.6 Å². The molecule has 1 aromatic carbocycles. The van der Waals surface area contributed by atoms with Crippen molar-refractivity contribution in [3.8, 4) is 0 Å². The Morgan fingerprint density at radius 2 is 2.33 bits per heavy atom. The number of fused-ring (bicyclic) bond motifs is 2. The first-order valence-corrected chi connectivity index (χ1v) is 8.01. The van der Waals surface area contributed by atoms with Crippen LogP contribution < -0.4 is 10.6 Å². The third-order valence-electron chi connectivity index (χ3n) is 4.11. The first-order valence-electron chi connectivity index (χ1n) is 7.22. The van der Waals surface area contributed by atoms with E-state index in [0.29, 0.717) is 24.8 Å². The molecule has 21 heavy (non-hydrogen) atoms. The van der Waals surface area contributed by atoms with E-state index in [4.69, 9.17) is 4.74 Å². The molecule has 2 bridgehead atoms. The molecule has 0 aromatic heterocycles. The zero-order valence-corrected chi connectivity index (χ0v) is 13.5. The Labute approximate surface area is 132 Å². The average molecular weight is 356 g/mol. The summed E-state index contributed by atoms with van der Waals surface area (Å²) in [5, 5.41) is 6.63. The van der Waals surface area contributed by atoms with Gasteiger partial charge in [0, 0.05) is 18.1 Å². The van der Waals surface area contributed by atoms with Gasteiger partial charge in [0.05, 0.1) is 18.2 Å². The fraction of sp³-hybridized carbons (Fsp3) is 0.533. The minimum absolute atomic E-state index is 0.237. The highest BCUT2D eigenvalue weighted by molar-refractivity contribution is 9.10. The summed E-state index contributed by atoms with van der Waals surface area (Å²) in [6.07, 6.45) is 4.03. The molecule has 0 saturated carbocycles. The van der Waals surface area contributed by atoms with Crippen LogP contribution in [-0.4, -0.2) is 31.3 Å². The number of halogens is 2. The molecule has 0 amide bonds. The van der Waals surface area contributed by atoms with E-state index in [1.807, 2.05) is 0 Å². The standard InChI is InChI=1S/C15H19BrFN3O/c1-18-15(20-13-7-11-3-5-14(13)21-11)19-8-9-6-10(17)2-4-12(9)16/h2,4,6,11,13-14H,3,5,7-8H2,1H3,(H2,18,19,20). The van der Waals surface area contributed by atoms with Crippen LogP contribution in [0.2, 0.25) is 0 Å². The number of aliphatic imine (C=N–C) groups is 1. The number of benzene rings is 1. The van der Waals surface area contributed by atoms with Crippen LogP contribution in [0.3, 0.4) is 0 Å². The number of hydrogen-bond donors (Lipinski definition) is 2. The minimum Gasteiger partial charge on any atom is -0.373 e. The quantitative estimate of drug-likeness (QED) is 0.647. The summed E-state index contributed by atoms with van der Waals surface area (Å²) in [4.78, 5) is 4.23. The van der Waals surface area contributed by atoms with Crippen LogP contribution >= 0.6 is 15.9 Å². The van der Waals surface area contributed by atoms with Gasteiger partial charge < -0.3 is 15.4 Å². The Kier molecular flexibility index (Phi) is 4.45. The largest absolute Gasteiger partial charge is 0.373 e. The first-order chi connectivity index (χ1) is 10.2. The molecule has 0 radical (unpaired) electrons. The van der Waals surface area contributed by atoms with Crippen molar-refractivity contribution in [1.29, 1.82) is 0 Å². The fourth-order valence-electron chi connectivity index (χ4n) is 3.02. The van der Waals surface area contributed by atoms with Gasteiger partial charge in [-0.2, -0.15) is 0 Å². The summed E-state index contributed by atoms with van der Waals surface area (Å²) in [6, 6.07) is 5.00. The van der Waals surface area contributed by atoms with Crippen molar-refractivity contribution in [2.75, 3.05) is 7.05 Å². The van der Waals surface area contributed by atoms with Gasteiger partial charge in [0.1, 0.15) is 5.82 Å². The van der Waals surface area contributed by atoms with E-state index in [-0.39, 0.29) is 5.82 Å². The molecule has 2 heterocycles. The lowest BCUT2D eigenvalue weighted by Crippen LogP contribution is -2.47. The monoisotopic (exact) mass is 355 g/mol. The fourth-order valence-corrected chi connectivity index (χ4v) is 3.40. The van der Waals surface area contributed by atoms with E-state index in [2.05, 4.69) is 31.6 Å². The van der Waals surface area contributed by atoms with Crippen LogP contribution in [0.4, 0.5) is 4.39 Å². The van der Waals surface area contributed by atoms with Gasteiger partial charge in [0.15, 0.2) is 5.96 Å². The number of hydrogen-bond acceptors (Lipinski definition) is 2. The molecule has 3 atom stereocenters. The summed E-state index contributed by atoms with van der Waals surface area (Å²) in [5.41, 5.74) is 0.863. The summed E-state index contributed by atoms with van der Waals surface area (Å²) in [7, 11) is 1.74. The third kappa shape index (κ3) is 3.37. The van der Waals surface area contributed by atoms with E-state index in [9.17, 15) is 4.39 Å². The lowest BCUT2D eigenvalue weighted by molar-refractivity contribution is 0.0992. The normalized spacial score (nSPS) is 28.0. The molecule has 2 N–H and O–H groups in total. The SMILES string of the molecule is CN=C(NCc1cc(F)ccc1Br)NC1CC2CCC1O2. The molecule has 3 unspecified atom stereocenters. The Morgan fingerprint density at radius 1 is 1.48 bits per heavy atom. The smallest absolute Gasteiger partial charge is 0.191 e. The van der Waals surface area contributed by atoms with Crippen LogP contribution in [0, 0.1) is 5.82 Å². The highest BCUT2D eigenvalue weighted by atomic mass is 79.9. The van der Waals surface area contributed by atoms with Crippen molar-refractivity contribution in [3.63, 3.8) is 0 Å². The lowest BCUT2D eigenvalue weighted by Gasteiger charge is -2.22. The minimum atomic E-state index is -0.237. The lowest BCUT2D eigenvalue weighted by atomic mass is 9.96. The van der Waals surface area contributed by atoms with Crippen molar-refractivity contribution < 1.29 is 9.13 Å². The van der Waals surface area contributed by atoms with E-state index >= 15 is 0 Å². The summed E-state index contributed by atoms with van der Waals surface area (Å²) in [5.74, 6) is 0.492. The topological polar surface area (TPSA) is 45.7 Å². The van der Waals surface area contributed by atoms with E-state index < -0.39 is 0 Å². The molecule has 4 nitrogen and oxygen atoms in total. The third-order valence-corrected chi connectivity index (χ3v) is 4.88. The van der Waals surface area contributed by atoms with Crippen LogP contribution in [-0.2, 0) is 11.3 Å².